The highest BCUT2D eigenvalue weighted by Gasteiger charge is 2.27. The SMILES string of the molecule is CCCCCCCC(C(C)Cl)C(C)(C)C. The molecule has 0 nitrogen and oxygen atoms in total. The first-order chi connectivity index (χ1) is 6.89. The van der Waals surface area contributed by atoms with Crippen LogP contribution in [-0.2, 0) is 0 Å². The average molecular weight is 233 g/mol. The van der Waals surface area contributed by atoms with Crippen molar-refractivity contribution in [3.63, 3.8) is 0 Å². The Kier molecular flexibility index (Phi) is 7.69. The van der Waals surface area contributed by atoms with Gasteiger partial charge < -0.3 is 0 Å². The molecular weight excluding hydrogens is 204 g/mol. The van der Waals surface area contributed by atoms with Gasteiger partial charge in [0.05, 0.1) is 0 Å². The standard InChI is InChI=1S/C14H29Cl/c1-6-7-8-9-10-11-13(12(2)15)14(3,4)5/h12-13H,6-11H2,1-5H3. The van der Waals surface area contributed by atoms with Crippen LogP contribution in [-0.4, -0.2) is 5.38 Å². The molecule has 0 aliphatic rings. The zero-order valence-electron chi connectivity index (χ0n) is 11.3. The Bertz CT molecular complexity index is 144. The molecule has 0 rings (SSSR count). The van der Waals surface area contributed by atoms with Crippen molar-refractivity contribution in [3.05, 3.63) is 0 Å². The van der Waals surface area contributed by atoms with Crippen LogP contribution in [0.15, 0.2) is 0 Å². The molecule has 0 aromatic rings. The summed E-state index contributed by atoms with van der Waals surface area (Å²) in [7, 11) is 0. The molecule has 0 aliphatic heterocycles. The van der Waals surface area contributed by atoms with E-state index >= 15 is 0 Å². The third-order valence-electron chi connectivity index (χ3n) is 3.29. The number of unbranched alkanes of at least 4 members (excludes halogenated alkanes) is 4. The maximum atomic E-state index is 6.27. The van der Waals surface area contributed by atoms with Gasteiger partial charge >= 0.3 is 0 Å². The monoisotopic (exact) mass is 232 g/mol. The zero-order valence-corrected chi connectivity index (χ0v) is 12.0. The number of hydrogen-bond acceptors (Lipinski definition) is 0. The van der Waals surface area contributed by atoms with Gasteiger partial charge in [0, 0.05) is 5.38 Å². The fourth-order valence-corrected chi connectivity index (χ4v) is 2.82. The van der Waals surface area contributed by atoms with Gasteiger partial charge in [-0.15, -0.1) is 11.6 Å². The van der Waals surface area contributed by atoms with E-state index < -0.39 is 0 Å². The fraction of sp³-hybridized carbons (Fsp3) is 1.00. The lowest BCUT2D eigenvalue weighted by atomic mass is 9.76. The average Bonchev–Trinajstić information content (AvgIpc) is 2.08. The summed E-state index contributed by atoms with van der Waals surface area (Å²) in [4.78, 5) is 0. The first kappa shape index (κ1) is 15.3. The lowest BCUT2D eigenvalue weighted by molar-refractivity contribution is 0.217. The van der Waals surface area contributed by atoms with Gasteiger partial charge in [-0.25, -0.2) is 0 Å². The Labute approximate surface area is 102 Å². The van der Waals surface area contributed by atoms with Gasteiger partial charge in [0.15, 0.2) is 0 Å². The predicted molar refractivity (Wildman–Crippen MR) is 71.6 cm³/mol. The largest absolute Gasteiger partial charge is 0.123 e. The third-order valence-corrected chi connectivity index (χ3v) is 3.59. The Morgan fingerprint density at radius 3 is 1.93 bits per heavy atom. The second-order valence-electron chi connectivity index (χ2n) is 5.85. The molecule has 2 unspecified atom stereocenters. The lowest BCUT2D eigenvalue weighted by Gasteiger charge is -2.33. The van der Waals surface area contributed by atoms with Crippen molar-refractivity contribution in [1.29, 1.82) is 0 Å². The van der Waals surface area contributed by atoms with Crippen LogP contribution in [0.3, 0.4) is 0 Å². The number of rotatable bonds is 7. The van der Waals surface area contributed by atoms with E-state index in [1.54, 1.807) is 0 Å². The molecule has 0 aromatic heterocycles. The molecule has 0 N–H and O–H groups in total. The van der Waals surface area contributed by atoms with Gasteiger partial charge in [-0.3, -0.25) is 0 Å². The van der Waals surface area contributed by atoms with Crippen LogP contribution in [0, 0.1) is 11.3 Å². The van der Waals surface area contributed by atoms with Crippen LogP contribution in [0.2, 0.25) is 0 Å². The number of halogens is 1. The Morgan fingerprint density at radius 1 is 1.00 bits per heavy atom. The first-order valence-electron chi connectivity index (χ1n) is 6.53. The van der Waals surface area contributed by atoms with Crippen LogP contribution in [0.5, 0.6) is 0 Å². The first-order valence-corrected chi connectivity index (χ1v) is 6.97. The fourth-order valence-electron chi connectivity index (χ4n) is 2.32. The molecule has 0 bridgehead atoms. The normalized spacial score (nSPS) is 16.4. The van der Waals surface area contributed by atoms with Crippen molar-refractivity contribution in [2.24, 2.45) is 11.3 Å². The summed E-state index contributed by atoms with van der Waals surface area (Å²) in [5, 5.41) is 0.302. The van der Waals surface area contributed by atoms with Crippen LogP contribution in [0.4, 0.5) is 0 Å². The van der Waals surface area contributed by atoms with Gasteiger partial charge in [-0.1, -0.05) is 59.8 Å². The summed E-state index contributed by atoms with van der Waals surface area (Å²) < 4.78 is 0. The van der Waals surface area contributed by atoms with E-state index in [1.165, 1.54) is 38.5 Å². The topological polar surface area (TPSA) is 0 Å². The molecule has 0 saturated carbocycles. The highest BCUT2D eigenvalue weighted by Crippen LogP contribution is 2.35. The highest BCUT2D eigenvalue weighted by molar-refractivity contribution is 6.20. The number of alkyl halides is 1. The minimum atomic E-state index is 0.302. The molecule has 0 amide bonds. The molecule has 0 fully saturated rings. The minimum absolute atomic E-state index is 0.302. The summed E-state index contributed by atoms with van der Waals surface area (Å²) in [5.41, 5.74) is 0.353. The van der Waals surface area contributed by atoms with E-state index in [4.69, 9.17) is 11.6 Å². The van der Waals surface area contributed by atoms with E-state index in [2.05, 4.69) is 34.6 Å². The van der Waals surface area contributed by atoms with Crippen molar-refractivity contribution in [2.75, 3.05) is 0 Å². The molecule has 0 aromatic carbocycles. The third kappa shape index (κ3) is 7.22. The molecule has 0 radical (unpaired) electrons. The van der Waals surface area contributed by atoms with Gasteiger partial charge in [0.25, 0.3) is 0 Å². The molecule has 0 aliphatic carbocycles. The molecule has 0 spiro atoms. The van der Waals surface area contributed by atoms with Gasteiger partial charge in [-0.05, 0) is 24.7 Å². The summed E-state index contributed by atoms with van der Waals surface area (Å²) >= 11 is 6.27. The summed E-state index contributed by atoms with van der Waals surface area (Å²) in [6, 6.07) is 0. The molecule has 15 heavy (non-hydrogen) atoms. The molecule has 2 atom stereocenters. The van der Waals surface area contributed by atoms with Crippen LogP contribution >= 0.6 is 11.6 Å². The van der Waals surface area contributed by atoms with Crippen molar-refractivity contribution in [1.82, 2.24) is 0 Å². The van der Waals surface area contributed by atoms with Crippen LogP contribution < -0.4 is 0 Å². The number of hydrogen-bond donors (Lipinski definition) is 0. The van der Waals surface area contributed by atoms with Crippen LogP contribution in [0.1, 0.15) is 73.1 Å². The Balaban J connectivity index is 3.78. The minimum Gasteiger partial charge on any atom is -0.123 e. The molecule has 1 heteroatoms. The van der Waals surface area contributed by atoms with Gasteiger partial charge in [-0.2, -0.15) is 0 Å². The van der Waals surface area contributed by atoms with E-state index in [0.29, 0.717) is 16.7 Å². The quantitative estimate of drug-likeness (QED) is 0.394. The Morgan fingerprint density at radius 2 is 1.53 bits per heavy atom. The smallest absolute Gasteiger partial charge is 0.0341 e. The van der Waals surface area contributed by atoms with E-state index in [9.17, 15) is 0 Å². The molecular formula is C14H29Cl. The zero-order chi connectivity index (χ0) is 11.9. The van der Waals surface area contributed by atoms with Gasteiger partial charge in [0.1, 0.15) is 0 Å². The maximum Gasteiger partial charge on any atom is 0.0341 e. The summed E-state index contributed by atoms with van der Waals surface area (Å²) in [6.45, 7) is 11.3. The summed E-state index contributed by atoms with van der Waals surface area (Å²) in [5.74, 6) is 0.654. The van der Waals surface area contributed by atoms with E-state index in [-0.39, 0.29) is 0 Å². The predicted octanol–water partition coefficient (Wildman–Crippen LogP) is 5.64. The van der Waals surface area contributed by atoms with Crippen molar-refractivity contribution in [3.8, 4) is 0 Å². The maximum absolute atomic E-state index is 6.27. The second-order valence-corrected chi connectivity index (χ2v) is 6.54. The lowest BCUT2D eigenvalue weighted by Crippen LogP contribution is -2.27. The van der Waals surface area contributed by atoms with Crippen molar-refractivity contribution < 1.29 is 0 Å². The highest BCUT2D eigenvalue weighted by atomic mass is 35.5. The molecule has 92 valence electrons. The van der Waals surface area contributed by atoms with Gasteiger partial charge in [0.2, 0.25) is 0 Å². The molecule has 0 heterocycles. The van der Waals surface area contributed by atoms with E-state index in [1.807, 2.05) is 0 Å². The van der Waals surface area contributed by atoms with Crippen molar-refractivity contribution >= 4 is 11.6 Å². The molecule has 0 saturated heterocycles. The van der Waals surface area contributed by atoms with Crippen molar-refractivity contribution in [2.45, 2.75) is 78.5 Å². The second kappa shape index (κ2) is 7.54. The Hall–Kier alpha value is 0.290. The van der Waals surface area contributed by atoms with E-state index in [0.717, 1.165) is 0 Å². The van der Waals surface area contributed by atoms with Crippen LogP contribution in [0.25, 0.3) is 0 Å². The summed E-state index contributed by atoms with van der Waals surface area (Å²) in [6.07, 6.45) is 8.12.